The molecule has 244 valence electrons. The van der Waals surface area contributed by atoms with Crippen LogP contribution in [0.5, 0.6) is 0 Å². The zero-order valence-electron chi connectivity index (χ0n) is 22.8. The summed E-state index contributed by atoms with van der Waals surface area (Å²) in [4.78, 5) is 52.4. The Bertz CT molecular complexity index is 1600. The predicted molar refractivity (Wildman–Crippen MR) is 176 cm³/mol. The van der Waals surface area contributed by atoms with Crippen molar-refractivity contribution >= 4 is 117 Å². The maximum absolute atomic E-state index is 13.1. The Morgan fingerprint density at radius 2 is 0.596 bits per heavy atom. The summed E-state index contributed by atoms with van der Waals surface area (Å²) in [5.74, 6) is -4.82. The van der Waals surface area contributed by atoms with Crippen LogP contribution in [0, 0.1) is 0 Å². The highest BCUT2D eigenvalue weighted by Gasteiger charge is 2.33. The van der Waals surface area contributed by atoms with Crippen molar-refractivity contribution < 1.29 is 42.9 Å². The minimum atomic E-state index is -2.39. The Hall–Kier alpha value is -2.96. The fourth-order valence-corrected chi connectivity index (χ4v) is 5.42. The van der Waals surface area contributed by atoms with E-state index in [1.165, 1.54) is 72.8 Å². The van der Waals surface area contributed by atoms with Gasteiger partial charge in [0.25, 0.3) is 0 Å². The number of hydrogen-bond acceptors (Lipinski definition) is 9. The highest BCUT2D eigenvalue weighted by molar-refractivity contribution is 6.38. The van der Waals surface area contributed by atoms with E-state index >= 15 is 0 Å². The van der Waals surface area contributed by atoms with Crippen LogP contribution in [-0.4, -0.2) is 36.8 Å². The molecule has 0 bridgehead atoms. The van der Waals surface area contributed by atoms with Gasteiger partial charge in [-0.2, -0.15) is 0 Å². The third kappa shape index (κ3) is 10.0. The molecule has 0 unspecified atom stereocenters. The van der Waals surface area contributed by atoms with Crippen molar-refractivity contribution in [3.05, 3.63) is 135 Å². The van der Waals surface area contributed by atoms with E-state index in [0.29, 0.717) is 0 Å². The van der Waals surface area contributed by atoms with Crippen molar-refractivity contribution in [3.8, 4) is 0 Å². The molecule has 0 aliphatic rings. The predicted octanol–water partition coefficient (Wildman–Crippen LogP) is 10.2. The number of benzene rings is 4. The second kappa shape index (κ2) is 16.4. The summed E-state index contributed by atoms with van der Waals surface area (Å²) in [5, 5.41) is 0.227. The van der Waals surface area contributed by atoms with Crippen molar-refractivity contribution in [2.24, 2.45) is 0 Å². The highest BCUT2D eigenvalue weighted by atomic mass is 35.5. The molecule has 0 aliphatic heterocycles. The summed E-state index contributed by atoms with van der Waals surface area (Å²) in [6.07, 6.45) is 0. The standard InChI is InChI=1S/C30H14Cl8O9/c31-13-1-5-17(21(35)9-13)25(39)43-29(44-26(40)18-6-2-14(32)10-22(18)36)47-30(45-27(41)19-7-3-15(33)11-23(19)37)46-28(42)20-8-4-16(34)12-24(20)38/h1-12,29-30H. The quantitative estimate of drug-likeness (QED) is 0.114. The molecular weight excluding hydrogens is 788 g/mol. The van der Waals surface area contributed by atoms with Gasteiger partial charge in [-0.3, -0.25) is 0 Å². The van der Waals surface area contributed by atoms with Gasteiger partial charge < -0.3 is 18.9 Å². The number of halogens is 8. The highest BCUT2D eigenvalue weighted by Crippen LogP contribution is 2.28. The lowest BCUT2D eigenvalue weighted by molar-refractivity contribution is -0.343. The Kier molecular flexibility index (Phi) is 12.9. The molecule has 0 amide bonds. The fraction of sp³-hybridized carbons (Fsp3) is 0.0667. The lowest BCUT2D eigenvalue weighted by Gasteiger charge is -2.24. The zero-order valence-corrected chi connectivity index (χ0v) is 28.8. The lowest BCUT2D eigenvalue weighted by Crippen LogP contribution is -2.36. The van der Waals surface area contributed by atoms with E-state index in [9.17, 15) is 19.2 Å². The van der Waals surface area contributed by atoms with Crippen LogP contribution in [0.15, 0.2) is 72.8 Å². The number of esters is 4. The molecule has 0 N–H and O–H groups in total. The smallest absolute Gasteiger partial charge is 0.371 e. The maximum Gasteiger partial charge on any atom is 0.371 e. The summed E-state index contributed by atoms with van der Waals surface area (Å²) in [6.45, 7) is -4.78. The van der Waals surface area contributed by atoms with E-state index in [4.69, 9.17) is 116 Å². The average Bonchev–Trinajstić information content (AvgIpc) is 2.96. The maximum atomic E-state index is 13.1. The summed E-state index contributed by atoms with van der Waals surface area (Å²) in [6, 6.07) is 15.1. The summed E-state index contributed by atoms with van der Waals surface area (Å²) < 4.78 is 26.3. The topological polar surface area (TPSA) is 114 Å². The minimum absolute atomic E-state index is 0.141. The van der Waals surface area contributed by atoms with Crippen molar-refractivity contribution in [3.63, 3.8) is 0 Å². The molecule has 0 radical (unpaired) electrons. The Balaban J connectivity index is 1.69. The molecule has 0 spiro atoms. The monoisotopic (exact) mass is 798 g/mol. The van der Waals surface area contributed by atoms with E-state index < -0.39 is 36.8 Å². The Morgan fingerprint density at radius 3 is 0.787 bits per heavy atom. The molecule has 0 heterocycles. The van der Waals surface area contributed by atoms with Gasteiger partial charge in [0, 0.05) is 20.1 Å². The van der Waals surface area contributed by atoms with Gasteiger partial charge in [0.05, 0.1) is 42.3 Å². The molecular formula is C30H14Cl8O9. The van der Waals surface area contributed by atoms with Crippen LogP contribution in [0.2, 0.25) is 40.2 Å². The van der Waals surface area contributed by atoms with E-state index in [1.807, 2.05) is 0 Å². The van der Waals surface area contributed by atoms with Gasteiger partial charge in [-0.1, -0.05) is 92.8 Å². The third-order valence-corrected chi connectivity index (χ3v) is 7.83. The average molecular weight is 802 g/mol. The Morgan fingerprint density at radius 1 is 0.383 bits per heavy atom. The first-order chi connectivity index (χ1) is 22.2. The van der Waals surface area contributed by atoms with Crippen molar-refractivity contribution in [2.45, 2.75) is 13.0 Å². The van der Waals surface area contributed by atoms with Crippen molar-refractivity contribution in [2.75, 3.05) is 0 Å². The van der Waals surface area contributed by atoms with E-state index in [-0.39, 0.29) is 62.4 Å². The normalized spacial score (nSPS) is 10.9. The summed E-state index contributed by atoms with van der Waals surface area (Å²) in [7, 11) is 0. The first-order valence-corrected chi connectivity index (χ1v) is 15.5. The molecule has 0 saturated carbocycles. The lowest BCUT2D eigenvalue weighted by atomic mass is 10.2. The first-order valence-electron chi connectivity index (χ1n) is 12.5. The van der Waals surface area contributed by atoms with Crippen LogP contribution in [0.25, 0.3) is 0 Å². The third-order valence-electron chi connectivity index (χ3n) is 5.64. The molecule has 4 aromatic rings. The van der Waals surface area contributed by atoms with Crippen LogP contribution in [0.4, 0.5) is 0 Å². The van der Waals surface area contributed by atoms with E-state index in [2.05, 4.69) is 0 Å². The number of hydrogen-bond donors (Lipinski definition) is 0. The Labute approximate surface area is 305 Å². The first kappa shape index (κ1) is 36.9. The van der Waals surface area contributed by atoms with Crippen LogP contribution in [0.1, 0.15) is 41.4 Å². The molecule has 9 nitrogen and oxygen atoms in total. The number of carbonyl (C=O) groups excluding carboxylic acids is 4. The van der Waals surface area contributed by atoms with Crippen molar-refractivity contribution in [1.29, 1.82) is 0 Å². The minimum Gasteiger partial charge on any atom is -0.396 e. The van der Waals surface area contributed by atoms with Crippen molar-refractivity contribution in [1.82, 2.24) is 0 Å². The van der Waals surface area contributed by atoms with Gasteiger partial charge in [0.2, 0.25) is 0 Å². The molecule has 0 saturated heterocycles. The van der Waals surface area contributed by atoms with Gasteiger partial charge in [0.15, 0.2) is 0 Å². The molecule has 4 rings (SSSR count). The number of carbonyl (C=O) groups is 4. The number of ether oxygens (including phenoxy) is 5. The van der Waals surface area contributed by atoms with Crippen LogP contribution < -0.4 is 0 Å². The molecule has 47 heavy (non-hydrogen) atoms. The molecule has 17 heteroatoms. The molecule has 0 fully saturated rings. The summed E-state index contributed by atoms with van der Waals surface area (Å²) >= 11 is 48.2. The van der Waals surface area contributed by atoms with Gasteiger partial charge >= 0.3 is 36.8 Å². The van der Waals surface area contributed by atoms with Gasteiger partial charge in [-0.15, -0.1) is 0 Å². The zero-order chi connectivity index (χ0) is 34.4. The SMILES string of the molecule is O=C(OC(OC(=O)c1ccc(Cl)cc1Cl)OC(OC(=O)c1ccc(Cl)cc1Cl)OC(=O)c1ccc(Cl)cc1Cl)c1ccc(Cl)cc1Cl. The fourth-order valence-electron chi connectivity index (χ4n) is 3.47. The summed E-state index contributed by atoms with van der Waals surface area (Å²) in [5.41, 5.74) is -0.957. The number of rotatable bonds is 10. The van der Waals surface area contributed by atoms with Gasteiger partial charge in [-0.25, -0.2) is 23.9 Å². The van der Waals surface area contributed by atoms with E-state index in [0.717, 1.165) is 0 Å². The van der Waals surface area contributed by atoms with Crippen LogP contribution in [0.3, 0.4) is 0 Å². The molecule has 0 aliphatic carbocycles. The second-order valence-electron chi connectivity index (χ2n) is 8.83. The molecule has 4 aromatic carbocycles. The van der Waals surface area contributed by atoms with Crippen LogP contribution in [-0.2, 0) is 23.7 Å². The van der Waals surface area contributed by atoms with Crippen LogP contribution >= 0.6 is 92.8 Å². The molecule has 0 atom stereocenters. The van der Waals surface area contributed by atoms with Gasteiger partial charge in [0.1, 0.15) is 0 Å². The second-order valence-corrected chi connectivity index (χ2v) is 12.2. The van der Waals surface area contributed by atoms with E-state index in [1.54, 1.807) is 0 Å². The molecule has 0 aromatic heterocycles. The van der Waals surface area contributed by atoms with Gasteiger partial charge in [-0.05, 0) is 72.8 Å². The largest absolute Gasteiger partial charge is 0.396 e.